The van der Waals surface area contributed by atoms with Crippen LogP contribution >= 0.6 is 0 Å². The van der Waals surface area contributed by atoms with Gasteiger partial charge < -0.3 is 14.7 Å². The molecule has 3 nitrogen and oxygen atoms in total. The third-order valence-electron chi connectivity index (χ3n) is 13.7. The van der Waals surface area contributed by atoms with Crippen LogP contribution in [0.1, 0.15) is 0 Å². The molecule has 0 spiro atoms. The van der Waals surface area contributed by atoms with Gasteiger partial charge >= 0.3 is 0 Å². The summed E-state index contributed by atoms with van der Waals surface area (Å²) in [4.78, 5) is 6.88. The molecule has 0 saturated heterocycles. The van der Waals surface area contributed by atoms with E-state index in [9.17, 15) is 0 Å². The van der Waals surface area contributed by atoms with E-state index in [4.69, 9.17) is 0 Å². The van der Waals surface area contributed by atoms with E-state index in [2.05, 4.69) is 233 Å². The molecule has 0 aromatic heterocycles. The third kappa shape index (κ3) is 7.13. The Bertz CT molecular complexity index is 3900. The monoisotopic (exact) mass is 897 g/mol. The molecule has 12 aromatic rings. The zero-order valence-electron chi connectivity index (χ0n) is 38.1. The van der Waals surface area contributed by atoms with Gasteiger partial charge in [-0.05, 0) is 152 Å². The Labute approximate surface area is 406 Å². The van der Waals surface area contributed by atoms with Crippen molar-refractivity contribution in [2.24, 2.45) is 0 Å². The van der Waals surface area contributed by atoms with Gasteiger partial charge in [0, 0.05) is 50.8 Å². The highest BCUT2D eigenvalue weighted by Crippen LogP contribution is 2.54. The van der Waals surface area contributed by atoms with Gasteiger partial charge in [0.2, 0.25) is 0 Å². The lowest BCUT2D eigenvalue weighted by Gasteiger charge is -2.35. The standard InChI is InChI=1S/C66H44FN3/c67-50-40-49(59-27-14-19-46-17-12-13-26-58(46)59)42-57(43-50)69(52-22-6-2-7-23-52)56-36-37-61-63-39-38-60(62-28-15-29-64(66(62)63)70(65(61)44-56)53-24-8-3-9-25-53)47-31-33-54(34-32-47)68(51-20-4-1-5-21-51)55-35-30-45-16-10-11-18-48(45)41-55/h1-44H. The molecule has 1 heterocycles. The molecule has 0 atom stereocenters. The fourth-order valence-corrected chi connectivity index (χ4v) is 10.6. The highest BCUT2D eigenvalue weighted by atomic mass is 19.1. The summed E-state index contributed by atoms with van der Waals surface area (Å²) in [5, 5.41) is 7.00. The summed E-state index contributed by atoms with van der Waals surface area (Å²) in [7, 11) is 0. The van der Waals surface area contributed by atoms with Crippen LogP contribution in [0.5, 0.6) is 0 Å². The van der Waals surface area contributed by atoms with Gasteiger partial charge in [-0.1, -0.05) is 170 Å². The molecule has 0 radical (unpaired) electrons. The topological polar surface area (TPSA) is 9.72 Å². The molecule has 12 aromatic carbocycles. The highest BCUT2D eigenvalue weighted by molar-refractivity contribution is 6.18. The van der Waals surface area contributed by atoms with Crippen LogP contribution in [0.3, 0.4) is 0 Å². The number of para-hydroxylation sites is 3. The maximum atomic E-state index is 16.1. The average Bonchev–Trinajstić information content (AvgIpc) is 3.42. The minimum atomic E-state index is -0.297. The number of hydrogen-bond donors (Lipinski definition) is 0. The lowest BCUT2D eigenvalue weighted by Crippen LogP contribution is -2.17. The third-order valence-corrected chi connectivity index (χ3v) is 13.7. The van der Waals surface area contributed by atoms with Crippen LogP contribution in [0, 0.1) is 5.82 Å². The smallest absolute Gasteiger partial charge is 0.125 e. The van der Waals surface area contributed by atoms with Crippen LogP contribution in [-0.2, 0) is 0 Å². The molecule has 0 amide bonds. The molecule has 0 bridgehead atoms. The number of hydrogen-bond acceptors (Lipinski definition) is 3. The number of rotatable bonds is 9. The second-order valence-corrected chi connectivity index (χ2v) is 17.9. The van der Waals surface area contributed by atoms with E-state index < -0.39 is 0 Å². The Kier molecular flexibility index (Phi) is 10.0. The van der Waals surface area contributed by atoms with Crippen molar-refractivity contribution < 1.29 is 4.39 Å². The second-order valence-electron chi connectivity index (χ2n) is 17.9. The number of benzene rings is 12. The Morgan fingerprint density at radius 3 is 1.60 bits per heavy atom. The molecular formula is C66H44FN3. The SMILES string of the molecule is Fc1cc(-c2cccc3ccccc23)cc(N(c2ccccc2)c2ccc3c(c2)N(c2ccccc2)c2cccc4c(-c5ccc(N(c6ccccc6)c6ccc7ccccc7c6)cc5)ccc-3c24)c1. The first-order chi connectivity index (χ1) is 34.6. The van der Waals surface area contributed by atoms with Crippen molar-refractivity contribution in [3.8, 4) is 33.4 Å². The van der Waals surface area contributed by atoms with E-state index >= 15 is 4.39 Å². The molecular weight excluding hydrogens is 854 g/mol. The van der Waals surface area contributed by atoms with Crippen molar-refractivity contribution in [3.63, 3.8) is 0 Å². The van der Waals surface area contributed by atoms with Gasteiger partial charge in [0.1, 0.15) is 5.82 Å². The fourth-order valence-electron chi connectivity index (χ4n) is 10.6. The summed E-state index contributed by atoms with van der Waals surface area (Å²) in [6, 6.07) is 93.5. The van der Waals surface area contributed by atoms with Crippen molar-refractivity contribution >= 4 is 83.5 Å². The van der Waals surface area contributed by atoms with E-state index in [0.29, 0.717) is 0 Å². The second kappa shape index (κ2) is 17.1. The first kappa shape index (κ1) is 41.0. The molecule has 0 aliphatic carbocycles. The van der Waals surface area contributed by atoms with E-state index in [-0.39, 0.29) is 5.82 Å². The zero-order chi connectivity index (χ0) is 46.5. The van der Waals surface area contributed by atoms with Gasteiger partial charge in [-0.15, -0.1) is 0 Å². The molecule has 1 aliphatic rings. The minimum absolute atomic E-state index is 0.297. The molecule has 70 heavy (non-hydrogen) atoms. The van der Waals surface area contributed by atoms with Gasteiger partial charge in [-0.2, -0.15) is 0 Å². The number of nitrogens with zero attached hydrogens (tertiary/aromatic N) is 3. The Morgan fingerprint density at radius 1 is 0.286 bits per heavy atom. The molecule has 13 rings (SSSR count). The largest absolute Gasteiger partial charge is 0.310 e. The van der Waals surface area contributed by atoms with E-state index in [1.807, 2.05) is 36.4 Å². The maximum Gasteiger partial charge on any atom is 0.125 e. The Hall–Kier alpha value is -9.25. The van der Waals surface area contributed by atoms with Crippen molar-refractivity contribution in [1.29, 1.82) is 0 Å². The summed E-state index contributed by atoms with van der Waals surface area (Å²) in [5.74, 6) is -0.297. The summed E-state index contributed by atoms with van der Waals surface area (Å²) in [6.45, 7) is 0. The molecule has 0 saturated carbocycles. The lowest BCUT2D eigenvalue weighted by molar-refractivity contribution is 0.628. The highest BCUT2D eigenvalue weighted by Gasteiger charge is 2.29. The first-order valence-corrected chi connectivity index (χ1v) is 23.8. The number of halogens is 1. The fraction of sp³-hybridized carbons (Fsp3) is 0. The van der Waals surface area contributed by atoms with E-state index in [0.717, 1.165) is 84.2 Å². The molecule has 0 N–H and O–H groups in total. The van der Waals surface area contributed by atoms with Crippen LogP contribution in [0.2, 0.25) is 0 Å². The molecule has 4 heteroatoms. The van der Waals surface area contributed by atoms with Gasteiger partial charge in [0.15, 0.2) is 0 Å². The van der Waals surface area contributed by atoms with Crippen LogP contribution in [0.25, 0.3) is 65.7 Å². The van der Waals surface area contributed by atoms with Crippen molar-refractivity contribution in [1.82, 2.24) is 0 Å². The van der Waals surface area contributed by atoms with Crippen LogP contribution in [0.15, 0.2) is 267 Å². The Morgan fingerprint density at radius 2 is 0.829 bits per heavy atom. The predicted molar refractivity (Wildman–Crippen MR) is 293 cm³/mol. The molecule has 0 fully saturated rings. The minimum Gasteiger partial charge on any atom is -0.310 e. The summed E-state index contributed by atoms with van der Waals surface area (Å²) in [5.41, 5.74) is 15.5. The quantitative estimate of drug-likeness (QED) is 0.143. The van der Waals surface area contributed by atoms with Crippen LogP contribution in [-0.4, -0.2) is 0 Å². The van der Waals surface area contributed by atoms with Crippen molar-refractivity contribution in [3.05, 3.63) is 273 Å². The van der Waals surface area contributed by atoms with Gasteiger partial charge in [0.25, 0.3) is 0 Å². The lowest BCUT2D eigenvalue weighted by atomic mass is 9.87. The molecule has 330 valence electrons. The van der Waals surface area contributed by atoms with Gasteiger partial charge in [-0.3, -0.25) is 0 Å². The summed E-state index contributed by atoms with van der Waals surface area (Å²) >= 11 is 0. The number of anilines is 9. The molecule has 1 aliphatic heterocycles. The number of fused-ring (bicyclic) bond motifs is 4. The predicted octanol–water partition coefficient (Wildman–Crippen LogP) is 19.0. The van der Waals surface area contributed by atoms with Crippen molar-refractivity contribution in [2.45, 2.75) is 0 Å². The van der Waals surface area contributed by atoms with E-state index in [1.54, 1.807) is 12.1 Å². The van der Waals surface area contributed by atoms with Gasteiger partial charge in [-0.25, -0.2) is 4.39 Å². The van der Waals surface area contributed by atoms with Gasteiger partial charge in [0.05, 0.1) is 11.4 Å². The average molecular weight is 898 g/mol. The Balaban J connectivity index is 0.939. The van der Waals surface area contributed by atoms with Crippen LogP contribution < -0.4 is 14.7 Å². The van der Waals surface area contributed by atoms with Crippen LogP contribution in [0.4, 0.5) is 55.6 Å². The summed E-state index contributed by atoms with van der Waals surface area (Å²) in [6.07, 6.45) is 0. The van der Waals surface area contributed by atoms with Crippen molar-refractivity contribution in [2.75, 3.05) is 14.7 Å². The first-order valence-electron chi connectivity index (χ1n) is 23.8. The summed E-state index contributed by atoms with van der Waals surface area (Å²) < 4.78 is 16.1. The molecule has 0 unspecified atom stereocenters. The van der Waals surface area contributed by atoms with E-state index in [1.165, 1.54) is 32.7 Å². The zero-order valence-corrected chi connectivity index (χ0v) is 38.1. The normalized spacial score (nSPS) is 11.8. The maximum absolute atomic E-state index is 16.1.